The highest BCUT2D eigenvalue weighted by Gasteiger charge is 2.43. The zero-order valence-electron chi connectivity index (χ0n) is 8.45. The third-order valence-electron chi connectivity index (χ3n) is 3.82. The summed E-state index contributed by atoms with van der Waals surface area (Å²) in [7, 11) is 0. The summed E-state index contributed by atoms with van der Waals surface area (Å²) in [4.78, 5) is 2.52. The smallest absolute Gasteiger partial charge is 0.115 e. The molecule has 0 amide bonds. The molecule has 74 valence electrons. The first-order chi connectivity index (χ1) is 6.70. The van der Waals surface area contributed by atoms with Gasteiger partial charge in [-0.2, -0.15) is 0 Å². The number of aromatic hydroxyl groups is 1. The van der Waals surface area contributed by atoms with Crippen molar-refractivity contribution in [2.45, 2.75) is 31.8 Å². The van der Waals surface area contributed by atoms with Crippen LogP contribution in [-0.4, -0.2) is 16.6 Å². The van der Waals surface area contributed by atoms with Crippen LogP contribution >= 0.6 is 0 Å². The molecular weight excluding hydrogens is 174 g/mol. The van der Waals surface area contributed by atoms with E-state index in [1.807, 2.05) is 12.1 Å². The summed E-state index contributed by atoms with van der Waals surface area (Å²) in [5.41, 5.74) is 2.99. The van der Waals surface area contributed by atoms with Crippen molar-refractivity contribution in [3.8, 4) is 5.75 Å². The molecule has 2 aliphatic rings. The van der Waals surface area contributed by atoms with Crippen LogP contribution in [0.5, 0.6) is 5.75 Å². The molecule has 0 radical (unpaired) electrons. The van der Waals surface area contributed by atoms with Gasteiger partial charge in [0.05, 0.1) is 0 Å². The van der Waals surface area contributed by atoms with E-state index in [9.17, 15) is 5.11 Å². The van der Waals surface area contributed by atoms with Crippen molar-refractivity contribution in [2.75, 3.05) is 6.54 Å². The molecule has 0 saturated carbocycles. The standard InChI is InChI=1S/C12H15NO/c1-12-5-2-6-13(12)8-9-7-10(14)3-4-11(9)12/h3-4,7,14H,2,5-6,8H2,1H3. The Morgan fingerprint density at radius 1 is 1.43 bits per heavy atom. The maximum Gasteiger partial charge on any atom is 0.115 e. The van der Waals surface area contributed by atoms with Crippen molar-refractivity contribution in [1.29, 1.82) is 0 Å². The Hall–Kier alpha value is -1.02. The predicted octanol–water partition coefficient (Wildman–Crippen LogP) is 2.22. The number of phenolic OH excluding ortho intramolecular Hbond substituents is 1. The molecule has 2 aliphatic heterocycles. The molecule has 14 heavy (non-hydrogen) atoms. The minimum absolute atomic E-state index is 0.253. The number of hydrogen-bond donors (Lipinski definition) is 1. The molecule has 3 rings (SSSR count). The average molecular weight is 189 g/mol. The van der Waals surface area contributed by atoms with Crippen LogP contribution < -0.4 is 0 Å². The molecule has 0 aliphatic carbocycles. The molecule has 1 unspecified atom stereocenters. The molecule has 2 heteroatoms. The first-order valence-electron chi connectivity index (χ1n) is 5.27. The van der Waals surface area contributed by atoms with Gasteiger partial charge >= 0.3 is 0 Å². The SMILES string of the molecule is CC12CCCN1Cc1cc(O)ccc12. The highest BCUT2D eigenvalue weighted by atomic mass is 16.3. The van der Waals surface area contributed by atoms with Gasteiger partial charge in [-0.3, -0.25) is 4.90 Å². The molecule has 1 aromatic carbocycles. The summed E-state index contributed by atoms with van der Waals surface area (Å²) in [5.74, 6) is 0.397. The zero-order chi connectivity index (χ0) is 9.76. The minimum atomic E-state index is 0.253. The molecule has 1 atom stereocenters. The molecular formula is C12H15NO. The Bertz CT molecular complexity index is 388. The van der Waals surface area contributed by atoms with E-state index in [0.29, 0.717) is 5.75 Å². The Morgan fingerprint density at radius 2 is 2.29 bits per heavy atom. The number of phenols is 1. The van der Waals surface area contributed by atoms with Gasteiger partial charge in [0, 0.05) is 12.1 Å². The van der Waals surface area contributed by atoms with Crippen LogP contribution in [0.25, 0.3) is 0 Å². The molecule has 1 aromatic rings. The van der Waals surface area contributed by atoms with E-state index >= 15 is 0 Å². The summed E-state index contributed by atoms with van der Waals surface area (Å²) in [6, 6.07) is 5.82. The first-order valence-corrected chi connectivity index (χ1v) is 5.27. The fourth-order valence-electron chi connectivity index (χ4n) is 3.02. The fraction of sp³-hybridized carbons (Fsp3) is 0.500. The van der Waals surface area contributed by atoms with E-state index in [2.05, 4.69) is 17.9 Å². The normalized spacial score (nSPS) is 30.4. The Kier molecular flexibility index (Phi) is 1.49. The number of nitrogens with zero attached hydrogens (tertiary/aromatic N) is 1. The molecule has 2 heterocycles. The van der Waals surface area contributed by atoms with E-state index in [1.54, 1.807) is 0 Å². The van der Waals surface area contributed by atoms with E-state index in [1.165, 1.54) is 30.5 Å². The Morgan fingerprint density at radius 3 is 3.14 bits per heavy atom. The summed E-state index contributed by atoms with van der Waals surface area (Å²) in [6.07, 6.45) is 2.56. The van der Waals surface area contributed by atoms with Gasteiger partial charge in [0.25, 0.3) is 0 Å². The zero-order valence-corrected chi connectivity index (χ0v) is 8.45. The average Bonchev–Trinajstić information content (AvgIpc) is 2.58. The van der Waals surface area contributed by atoms with E-state index in [4.69, 9.17) is 0 Å². The number of rotatable bonds is 0. The quantitative estimate of drug-likeness (QED) is 0.676. The van der Waals surface area contributed by atoms with Gasteiger partial charge in [0.1, 0.15) is 5.75 Å². The molecule has 0 aromatic heterocycles. The highest BCUT2D eigenvalue weighted by molar-refractivity contribution is 5.43. The molecule has 1 N–H and O–H groups in total. The third-order valence-corrected chi connectivity index (χ3v) is 3.82. The summed E-state index contributed by atoms with van der Waals surface area (Å²) < 4.78 is 0. The molecule has 0 spiro atoms. The molecule has 1 saturated heterocycles. The van der Waals surface area contributed by atoms with Crippen LogP contribution in [0.1, 0.15) is 30.9 Å². The fourth-order valence-corrected chi connectivity index (χ4v) is 3.02. The second kappa shape index (κ2) is 2.51. The maximum absolute atomic E-state index is 9.43. The van der Waals surface area contributed by atoms with Gasteiger partial charge in [0.2, 0.25) is 0 Å². The topological polar surface area (TPSA) is 23.5 Å². The van der Waals surface area contributed by atoms with Crippen LogP contribution in [0.3, 0.4) is 0 Å². The lowest BCUT2D eigenvalue weighted by Gasteiger charge is -2.28. The van der Waals surface area contributed by atoms with Crippen LogP contribution in [0.4, 0.5) is 0 Å². The van der Waals surface area contributed by atoms with Crippen LogP contribution in [0.15, 0.2) is 18.2 Å². The van der Waals surface area contributed by atoms with Crippen LogP contribution in [0, 0.1) is 0 Å². The van der Waals surface area contributed by atoms with Gasteiger partial charge < -0.3 is 5.11 Å². The predicted molar refractivity (Wildman–Crippen MR) is 55.1 cm³/mol. The van der Waals surface area contributed by atoms with E-state index in [-0.39, 0.29) is 5.54 Å². The minimum Gasteiger partial charge on any atom is -0.508 e. The van der Waals surface area contributed by atoms with Gasteiger partial charge in [-0.05, 0) is 49.6 Å². The monoisotopic (exact) mass is 189 g/mol. The second-order valence-electron chi connectivity index (χ2n) is 4.64. The summed E-state index contributed by atoms with van der Waals surface area (Å²) in [6.45, 7) is 4.54. The van der Waals surface area contributed by atoms with Crippen molar-refractivity contribution in [3.63, 3.8) is 0 Å². The summed E-state index contributed by atoms with van der Waals surface area (Å²) >= 11 is 0. The second-order valence-corrected chi connectivity index (χ2v) is 4.64. The van der Waals surface area contributed by atoms with Gasteiger partial charge in [0.15, 0.2) is 0 Å². The van der Waals surface area contributed by atoms with E-state index < -0.39 is 0 Å². The van der Waals surface area contributed by atoms with Crippen LogP contribution in [0.2, 0.25) is 0 Å². The van der Waals surface area contributed by atoms with Gasteiger partial charge in [-0.25, -0.2) is 0 Å². The highest BCUT2D eigenvalue weighted by Crippen LogP contribution is 2.46. The van der Waals surface area contributed by atoms with Crippen molar-refractivity contribution in [2.24, 2.45) is 0 Å². The van der Waals surface area contributed by atoms with Crippen LogP contribution in [-0.2, 0) is 12.1 Å². The Balaban J connectivity index is 2.15. The number of fused-ring (bicyclic) bond motifs is 3. The van der Waals surface area contributed by atoms with Gasteiger partial charge in [-0.1, -0.05) is 6.07 Å². The van der Waals surface area contributed by atoms with Crippen molar-refractivity contribution < 1.29 is 5.11 Å². The maximum atomic E-state index is 9.43. The lowest BCUT2D eigenvalue weighted by Crippen LogP contribution is -2.31. The lowest BCUT2D eigenvalue weighted by molar-refractivity contribution is 0.178. The summed E-state index contributed by atoms with van der Waals surface area (Å²) in [5, 5.41) is 9.43. The Labute approximate surface area is 84.2 Å². The molecule has 2 nitrogen and oxygen atoms in total. The lowest BCUT2D eigenvalue weighted by atomic mass is 9.90. The molecule has 0 bridgehead atoms. The van der Waals surface area contributed by atoms with Crippen molar-refractivity contribution in [3.05, 3.63) is 29.3 Å². The number of benzene rings is 1. The van der Waals surface area contributed by atoms with Crippen molar-refractivity contribution in [1.82, 2.24) is 4.90 Å². The number of hydrogen-bond acceptors (Lipinski definition) is 2. The van der Waals surface area contributed by atoms with Crippen molar-refractivity contribution >= 4 is 0 Å². The third kappa shape index (κ3) is 0.894. The molecule has 1 fully saturated rings. The van der Waals surface area contributed by atoms with E-state index in [0.717, 1.165) is 6.54 Å². The largest absolute Gasteiger partial charge is 0.508 e. The van der Waals surface area contributed by atoms with Gasteiger partial charge in [-0.15, -0.1) is 0 Å². The first kappa shape index (κ1) is 8.30.